The van der Waals surface area contributed by atoms with E-state index in [1.54, 1.807) is 12.3 Å². The molecule has 0 saturated heterocycles. The summed E-state index contributed by atoms with van der Waals surface area (Å²) in [4.78, 5) is 14.9. The average Bonchev–Trinajstić information content (AvgIpc) is 2.38. The summed E-state index contributed by atoms with van der Waals surface area (Å²) in [5.74, 6) is -0.515. The molecule has 0 spiro atoms. The van der Waals surface area contributed by atoms with E-state index in [9.17, 15) is 4.79 Å². The highest BCUT2D eigenvalue weighted by molar-refractivity contribution is 5.91. The molecule has 0 bridgehead atoms. The van der Waals surface area contributed by atoms with Crippen molar-refractivity contribution in [3.05, 3.63) is 24.0 Å². The molecule has 5 nitrogen and oxygen atoms in total. The van der Waals surface area contributed by atoms with E-state index >= 15 is 0 Å². The molecule has 1 saturated carbocycles. The fourth-order valence-electron chi connectivity index (χ4n) is 2.39. The normalized spacial score (nSPS) is 18.3. The minimum Gasteiger partial charge on any atom is -0.383 e. The number of aromatic nitrogens is 1. The van der Waals surface area contributed by atoms with Crippen LogP contribution >= 0.6 is 0 Å². The van der Waals surface area contributed by atoms with Gasteiger partial charge in [-0.2, -0.15) is 0 Å². The Kier molecular flexibility index (Phi) is 3.81. The molecule has 18 heavy (non-hydrogen) atoms. The summed E-state index contributed by atoms with van der Waals surface area (Å²) in [5, 5.41) is 3.28. The molecule has 1 aromatic heterocycles. The number of nitrogens with zero attached hydrogens (tertiary/aromatic N) is 1. The zero-order chi connectivity index (χ0) is 13.0. The van der Waals surface area contributed by atoms with Crippen molar-refractivity contribution in [3.63, 3.8) is 0 Å². The number of rotatable bonds is 4. The smallest absolute Gasteiger partial charge is 0.267 e. The fourth-order valence-corrected chi connectivity index (χ4v) is 2.39. The number of nitrogens with two attached hydrogens (primary N) is 2. The van der Waals surface area contributed by atoms with Crippen LogP contribution < -0.4 is 16.8 Å². The molecule has 0 aromatic carbocycles. The molecule has 1 aliphatic rings. The summed E-state index contributed by atoms with van der Waals surface area (Å²) < 4.78 is 0. The third kappa shape index (κ3) is 3.20. The lowest BCUT2D eigenvalue weighted by Gasteiger charge is -2.33. The van der Waals surface area contributed by atoms with Crippen molar-refractivity contribution in [2.75, 3.05) is 11.9 Å². The maximum atomic E-state index is 11.0. The second-order valence-corrected chi connectivity index (χ2v) is 5.07. The molecule has 1 aromatic rings. The van der Waals surface area contributed by atoms with Gasteiger partial charge in [0, 0.05) is 24.0 Å². The van der Waals surface area contributed by atoms with Crippen LogP contribution in [0, 0.1) is 0 Å². The molecule has 98 valence electrons. The van der Waals surface area contributed by atoms with E-state index in [1.165, 1.54) is 19.3 Å². The van der Waals surface area contributed by atoms with Crippen molar-refractivity contribution in [3.8, 4) is 0 Å². The Morgan fingerprint density at radius 3 is 2.78 bits per heavy atom. The van der Waals surface area contributed by atoms with Gasteiger partial charge in [-0.1, -0.05) is 19.3 Å². The van der Waals surface area contributed by atoms with Gasteiger partial charge in [0.1, 0.15) is 5.69 Å². The molecule has 2 rings (SSSR count). The molecule has 0 atom stereocenters. The number of hydrogen-bond acceptors (Lipinski definition) is 4. The number of anilines is 1. The van der Waals surface area contributed by atoms with Gasteiger partial charge in [-0.3, -0.25) is 9.78 Å². The molecule has 5 heteroatoms. The van der Waals surface area contributed by atoms with Crippen molar-refractivity contribution in [1.29, 1.82) is 0 Å². The number of carbonyl (C=O) groups excluding carboxylic acids is 1. The second kappa shape index (κ2) is 5.35. The van der Waals surface area contributed by atoms with Crippen LogP contribution in [0.1, 0.15) is 42.6 Å². The first-order valence-electron chi connectivity index (χ1n) is 6.38. The van der Waals surface area contributed by atoms with E-state index in [1.807, 2.05) is 6.07 Å². The van der Waals surface area contributed by atoms with Crippen molar-refractivity contribution < 1.29 is 4.79 Å². The minimum absolute atomic E-state index is 0.131. The standard InChI is InChI=1S/C13H20N4O/c14-12(18)11-8-10(4-7-16-11)17-9-13(15)5-2-1-3-6-13/h4,7-8H,1-3,5-6,9,15H2,(H2,14,18)(H,16,17). The highest BCUT2D eigenvalue weighted by Gasteiger charge is 2.26. The summed E-state index contributed by atoms with van der Waals surface area (Å²) >= 11 is 0. The van der Waals surface area contributed by atoms with Crippen LogP contribution in [0.4, 0.5) is 5.69 Å². The van der Waals surface area contributed by atoms with Crippen molar-refractivity contribution in [1.82, 2.24) is 4.98 Å². The minimum atomic E-state index is -0.515. The largest absolute Gasteiger partial charge is 0.383 e. The van der Waals surface area contributed by atoms with Gasteiger partial charge in [-0.05, 0) is 25.0 Å². The van der Waals surface area contributed by atoms with Gasteiger partial charge in [0.2, 0.25) is 0 Å². The zero-order valence-electron chi connectivity index (χ0n) is 10.5. The molecule has 1 heterocycles. The quantitative estimate of drug-likeness (QED) is 0.747. The molecule has 0 radical (unpaired) electrons. The number of hydrogen-bond donors (Lipinski definition) is 3. The van der Waals surface area contributed by atoms with E-state index in [0.29, 0.717) is 0 Å². The lowest BCUT2D eigenvalue weighted by molar-refractivity contribution is 0.0995. The van der Waals surface area contributed by atoms with Crippen molar-refractivity contribution in [2.45, 2.75) is 37.6 Å². The number of primary amides is 1. The van der Waals surface area contributed by atoms with E-state index in [4.69, 9.17) is 11.5 Å². The summed E-state index contributed by atoms with van der Waals surface area (Å²) in [7, 11) is 0. The lowest BCUT2D eigenvalue weighted by atomic mass is 9.82. The summed E-state index contributed by atoms with van der Waals surface area (Å²) in [6.07, 6.45) is 7.34. The van der Waals surface area contributed by atoms with Crippen LogP contribution in [-0.4, -0.2) is 23.0 Å². The molecule has 1 amide bonds. The first-order chi connectivity index (χ1) is 8.59. The molecule has 5 N–H and O–H groups in total. The van der Waals surface area contributed by atoms with Gasteiger partial charge in [0.25, 0.3) is 5.91 Å². The van der Waals surface area contributed by atoms with Gasteiger partial charge < -0.3 is 16.8 Å². The van der Waals surface area contributed by atoms with Gasteiger partial charge in [0.05, 0.1) is 0 Å². The van der Waals surface area contributed by atoms with Gasteiger partial charge in [0.15, 0.2) is 0 Å². The Bertz CT molecular complexity index is 427. The Labute approximate surface area is 107 Å². The van der Waals surface area contributed by atoms with Gasteiger partial charge in [-0.25, -0.2) is 0 Å². The third-order valence-corrected chi connectivity index (χ3v) is 3.51. The molecule has 0 aliphatic heterocycles. The topological polar surface area (TPSA) is 94.0 Å². The van der Waals surface area contributed by atoms with Crippen molar-refractivity contribution in [2.24, 2.45) is 11.5 Å². The van der Waals surface area contributed by atoms with Crippen LogP contribution in [0.25, 0.3) is 0 Å². The Hall–Kier alpha value is -1.62. The number of nitrogens with one attached hydrogen (secondary N) is 1. The van der Waals surface area contributed by atoms with Gasteiger partial charge >= 0.3 is 0 Å². The SMILES string of the molecule is NC(=O)c1cc(NCC2(N)CCCCC2)ccn1. The fraction of sp³-hybridized carbons (Fsp3) is 0.538. The molecular formula is C13H20N4O. The van der Waals surface area contributed by atoms with Crippen LogP contribution in [0.15, 0.2) is 18.3 Å². The Balaban J connectivity index is 1.97. The Morgan fingerprint density at radius 2 is 2.11 bits per heavy atom. The maximum absolute atomic E-state index is 11.0. The number of pyridine rings is 1. The van der Waals surface area contributed by atoms with E-state index < -0.39 is 5.91 Å². The van der Waals surface area contributed by atoms with E-state index in [-0.39, 0.29) is 11.2 Å². The predicted octanol–water partition coefficient (Wildman–Crippen LogP) is 1.25. The van der Waals surface area contributed by atoms with E-state index in [0.717, 1.165) is 25.1 Å². The highest BCUT2D eigenvalue weighted by Crippen LogP contribution is 2.26. The van der Waals surface area contributed by atoms with Crippen LogP contribution in [0.2, 0.25) is 0 Å². The maximum Gasteiger partial charge on any atom is 0.267 e. The molecule has 0 unspecified atom stereocenters. The Morgan fingerprint density at radius 1 is 1.39 bits per heavy atom. The number of carbonyl (C=O) groups is 1. The zero-order valence-corrected chi connectivity index (χ0v) is 10.5. The highest BCUT2D eigenvalue weighted by atomic mass is 16.1. The summed E-state index contributed by atoms with van der Waals surface area (Å²) in [6, 6.07) is 3.48. The second-order valence-electron chi connectivity index (χ2n) is 5.07. The average molecular weight is 248 g/mol. The molecular weight excluding hydrogens is 228 g/mol. The summed E-state index contributed by atoms with van der Waals surface area (Å²) in [6.45, 7) is 0.717. The lowest BCUT2D eigenvalue weighted by Crippen LogP contribution is -2.47. The van der Waals surface area contributed by atoms with Crippen LogP contribution in [0.5, 0.6) is 0 Å². The van der Waals surface area contributed by atoms with E-state index in [2.05, 4.69) is 10.3 Å². The summed E-state index contributed by atoms with van der Waals surface area (Å²) in [5.41, 5.74) is 12.5. The first-order valence-corrected chi connectivity index (χ1v) is 6.38. The van der Waals surface area contributed by atoms with Crippen molar-refractivity contribution >= 4 is 11.6 Å². The monoisotopic (exact) mass is 248 g/mol. The van der Waals surface area contributed by atoms with Gasteiger partial charge in [-0.15, -0.1) is 0 Å². The van der Waals surface area contributed by atoms with Crippen LogP contribution in [-0.2, 0) is 0 Å². The predicted molar refractivity (Wildman–Crippen MR) is 71.2 cm³/mol. The molecule has 1 fully saturated rings. The first kappa shape index (κ1) is 12.8. The third-order valence-electron chi connectivity index (χ3n) is 3.51. The van der Waals surface area contributed by atoms with Crippen LogP contribution in [0.3, 0.4) is 0 Å². The molecule has 1 aliphatic carbocycles. The number of amides is 1.